The Labute approximate surface area is 155 Å². The molecule has 2 aromatic rings. The smallest absolute Gasteiger partial charge is 0.266 e. The quantitative estimate of drug-likeness (QED) is 0.884. The zero-order chi connectivity index (χ0) is 19.9. The van der Waals surface area contributed by atoms with Gasteiger partial charge in [-0.1, -0.05) is 26.0 Å². The van der Waals surface area contributed by atoms with Crippen LogP contribution in [0, 0.1) is 13.8 Å². The molecular weight excluding hydrogens is 350 g/mol. The van der Waals surface area contributed by atoms with Crippen LogP contribution in [-0.2, 0) is 15.6 Å². The molecule has 0 unspecified atom stereocenters. The SMILES string of the molecule is Cc1ccc(C)c(S(=O)(=O)NC(=O)c2cc(C(C)C)n(C(C)(C)C)n2)c1. The molecule has 0 atom stereocenters. The molecule has 1 N–H and O–H groups in total. The highest BCUT2D eigenvalue weighted by molar-refractivity contribution is 7.90. The molecular formula is C19H27N3O3S. The van der Waals surface area contributed by atoms with Gasteiger partial charge in [-0.2, -0.15) is 5.10 Å². The number of amides is 1. The lowest BCUT2D eigenvalue weighted by molar-refractivity contribution is 0.0975. The summed E-state index contributed by atoms with van der Waals surface area (Å²) >= 11 is 0. The minimum absolute atomic E-state index is 0.0949. The van der Waals surface area contributed by atoms with Gasteiger partial charge in [-0.05, 0) is 63.8 Å². The minimum atomic E-state index is -3.97. The first-order valence-corrected chi connectivity index (χ1v) is 10.1. The summed E-state index contributed by atoms with van der Waals surface area (Å²) in [5, 5.41) is 4.36. The first kappa shape index (κ1) is 20.2. The molecule has 2 rings (SSSR count). The zero-order valence-electron chi connectivity index (χ0n) is 16.4. The first-order valence-electron chi connectivity index (χ1n) is 8.58. The van der Waals surface area contributed by atoms with Crippen molar-refractivity contribution in [1.29, 1.82) is 0 Å². The number of nitrogens with one attached hydrogen (secondary N) is 1. The second kappa shape index (κ2) is 6.87. The second-order valence-electron chi connectivity index (χ2n) is 7.90. The number of aryl methyl sites for hydroxylation is 2. The van der Waals surface area contributed by atoms with E-state index in [1.807, 2.05) is 40.7 Å². The zero-order valence-corrected chi connectivity index (χ0v) is 17.2. The summed E-state index contributed by atoms with van der Waals surface area (Å²) in [6.45, 7) is 13.5. The Balaban J connectivity index is 2.40. The van der Waals surface area contributed by atoms with Gasteiger partial charge in [-0.15, -0.1) is 0 Å². The topological polar surface area (TPSA) is 81.1 Å². The van der Waals surface area contributed by atoms with Gasteiger partial charge in [0.15, 0.2) is 5.69 Å². The third-order valence-corrected chi connectivity index (χ3v) is 5.53. The van der Waals surface area contributed by atoms with Crippen molar-refractivity contribution < 1.29 is 13.2 Å². The predicted molar refractivity (Wildman–Crippen MR) is 102 cm³/mol. The lowest BCUT2D eigenvalue weighted by Gasteiger charge is -2.23. The second-order valence-corrected chi connectivity index (χ2v) is 9.55. The van der Waals surface area contributed by atoms with E-state index < -0.39 is 15.9 Å². The molecule has 0 aliphatic heterocycles. The fourth-order valence-electron chi connectivity index (χ4n) is 2.68. The number of nitrogens with zero attached hydrogens (tertiary/aromatic N) is 2. The fraction of sp³-hybridized carbons (Fsp3) is 0.474. The van der Waals surface area contributed by atoms with Crippen molar-refractivity contribution in [2.24, 2.45) is 0 Å². The molecule has 0 radical (unpaired) electrons. The number of hydrogen-bond acceptors (Lipinski definition) is 4. The highest BCUT2D eigenvalue weighted by atomic mass is 32.2. The van der Waals surface area contributed by atoms with Gasteiger partial charge in [-0.3, -0.25) is 9.48 Å². The van der Waals surface area contributed by atoms with Crippen LogP contribution in [0.15, 0.2) is 29.2 Å². The van der Waals surface area contributed by atoms with E-state index in [0.29, 0.717) is 5.56 Å². The monoisotopic (exact) mass is 377 g/mol. The van der Waals surface area contributed by atoms with E-state index in [1.165, 1.54) is 0 Å². The maximum Gasteiger partial charge on any atom is 0.285 e. The maximum atomic E-state index is 12.6. The average Bonchev–Trinajstić information content (AvgIpc) is 2.95. The molecule has 1 aromatic carbocycles. The van der Waals surface area contributed by atoms with Crippen LogP contribution < -0.4 is 4.72 Å². The van der Waals surface area contributed by atoms with Crippen LogP contribution in [0.25, 0.3) is 0 Å². The number of carbonyl (C=O) groups excluding carboxylic acids is 1. The lowest BCUT2D eigenvalue weighted by atomic mass is 10.1. The number of benzene rings is 1. The Hall–Kier alpha value is -2.15. The van der Waals surface area contributed by atoms with Gasteiger partial charge < -0.3 is 0 Å². The summed E-state index contributed by atoms with van der Waals surface area (Å²) in [6.07, 6.45) is 0. The van der Waals surface area contributed by atoms with Crippen molar-refractivity contribution >= 4 is 15.9 Å². The Bertz CT molecular complexity index is 935. The van der Waals surface area contributed by atoms with Crippen LogP contribution in [0.2, 0.25) is 0 Å². The number of hydrogen-bond donors (Lipinski definition) is 1. The van der Waals surface area contributed by atoms with Gasteiger partial charge in [0.1, 0.15) is 0 Å². The molecule has 142 valence electrons. The van der Waals surface area contributed by atoms with Crippen LogP contribution >= 0.6 is 0 Å². The molecule has 7 heteroatoms. The average molecular weight is 378 g/mol. The predicted octanol–water partition coefficient (Wildman–Crippen LogP) is 3.50. The number of rotatable bonds is 4. The van der Waals surface area contributed by atoms with Crippen molar-refractivity contribution in [3.05, 3.63) is 46.8 Å². The van der Waals surface area contributed by atoms with E-state index in [0.717, 1.165) is 11.3 Å². The largest absolute Gasteiger partial charge is 0.285 e. The third-order valence-electron chi connectivity index (χ3n) is 4.06. The number of carbonyl (C=O) groups is 1. The van der Waals surface area contributed by atoms with Crippen LogP contribution in [-0.4, -0.2) is 24.1 Å². The lowest BCUT2D eigenvalue weighted by Crippen LogP contribution is -2.32. The number of aromatic nitrogens is 2. The molecule has 0 saturated heterocycles. The van der Waals surface area contributed by atoms with Gasteiger partial charge in [0, 0.05) is 5.69 Å². The van der Waals surface area contributed by atoms with Gasteiger partial charge in [0.05, 0.1) is 10.4 Å². The van der Waals surface area contributed by atoms with E-state index in [2.05, 4.69) is 9.82 Å². The van der Waals surface area contributed by atoms with Crippen LogP contribution in [0.4, 0.5) is 0 Å². The van der Waals surface area contributed by atoms with Gasteiger partial charge in [-0.25, -0.2) is 13.1 Å². The molecule has 26 heavy (non-hydrogen) atoms. The van der Waals surface area contributed by atoms with Gasteiger partial charge >= 0.3 is 0 Å². The summed E-state index contributed by atoms with van der Waals surface area (Å²) in [5.74, 6) is -0.574. The van der Waals surface area contributed by atoms with Gasteiger partial charge in [0.2, 0.25) is 0 Å². The summed E-state index contributed by atoms with van der Waals surface area (Å²) in [4.78, 5) is 12.7. The fourth-order valence-corrected chi connectivity index (χ4v) is 3.97. The van der Waals surface area contributed by atoms with Gasteiger partial charge in [0.25, 0.3) is 15.9 Å². The summed E-state index contributed by atoms with van der Waals surface area (Å²) < 4.78 is 29.2. The van der Waals surface area contributed by atoms with E-state index in [9.17, 15) is 13.2 Å². The molecule has 0 fully saturated rings. The molecule has 6 nitrogen and oxygen atoms in total. The van der Waals surface area contributed by atoms with E-state index in [-0.39, 0.29) is 22.0 Å². The third kappa shape index (κ3) is 4.15. The van der Waals surface area contributed by atoms with E-state index in [4.69, 9.17) is 0 Å². The van der Waals surface area contributed by atoms with Crippen molar-refractivity contribution in [3.63, 3.8) is 0 Å². The van der Waals surface area contributed by atoms with Crippen molar-refractivity contribution in [2.45, 2.75) is 64.8 Å². The van der Waals surface area contributed by atoms with Crippen molar-refractivity contribution in [3.8, 4) is 0 Å². The molecule has 1 amide bonds. The Kier molecular flexibility index (Phi) is 5.33. The molecule has 0 saturated carbocycles. The summed E-state index contributed by atoms with van der Waals surface area (Å²) in [5.41, 5.74) is 2.05. The summed E-state index contributed by atoms with van der Waals surface area (Å²) in [7, 11) is -3.97. The molecule has 0 aliphatic carbocycles. The highest BCUT2D eigenvalue weighted by Gasteiger charge is 2.26. The Morgan fingerprint density at radius 3 is 2.27 bits per heavy atom. The maximum absolute atomic E-state index is 12.6. The van der Waals surface area contributed by atoms with E-state index >= 15 is 0 Å². The normalized spacial score (nSPS) is 12.5. The highest BCUT2D eigenvalue weighted by Crippen LogP contribution is 2.24. The minimum Gasteiger partial charge on any atom is -0.266 e. The van der Waals surface area contributed by atoms with Crippen molar-refractivity contribution in [1.82, 2.24) is 14.5 Å². The van der Waals surface area contributed by atoms with Crippen LogP contribution in [0.3, 0.4) is 0 Å². The standard InChI is InChI=1S/C19H27N3O3S/c1-12(2)16-11-15(20-22(16)19(5,6)7)18(23)21-26(24,25)17-10-13(3)8-9-14(17)4/h8-12H,1-7H3,(H,21,23). The van der Waals surface area contributed by atoms with E-state index in [1.54, 1.807) is 36.7 Å². The molecule has 0 spiro atoms. The van der Waals surface area contributed by atoms with Crippen LogP contribution in [0.1, 0.15) is 67.8 Å². The number of sulfonamides is 1. The van der Waals surface area contributed by atoms with Crippen LogP contribution in [0.5, 0.6) is 0 Å². The molecule has 1 heterocycles. The molecule has 0 bridgehead atoms. The Morgan fingerprint density at radius 2 is 1.77 bits per heavy atom. The molecule has 0 aliphatic rings. The van der Waals surface area contributed by atoms with Crippen molar-refractivity contribution in [2.75, 3.05) is 0 Å². The molecule has 1 aromatic heterocycles. The first-order chi connectivity index (χ1) is 11.8. The summed E-state index contributed by atoms with van der Waals surface area (Å²) in [6, 6.07) is 6.76. The Morgan fingerprint density at radius 1 is 1.15 bits per heavy atom.